The van der Waals surface area contributed by atoms with Crippen molar-refractivity contribution in [1.29, 1.82) is 0 Å². The van der Waals surface area contributed by atoms with Crippen LogP contribution in [0.5, 0.6) is 0 Å². The summed E-state index contributed by atoms with van der Waals surface area (Å²) in [6, 6.07) is 1.82. The van der Waals surface area contributed by atoms with Crippen LogP contribution >= 0.6 is 0 Å². The quantitative estimate of drug-likeness (QED) is 0.666. The van der Waals surface area contributed by atoms with Crippen LogP contribution in [0.2, 0.25) is 0 Å². The lowest BCUT2D eigenvalue weighted by molar-refractivity contribution is 0.0793. The van der Waals surface area contributed by atoms with E-state index in [0.29, 0.717) is 0 Å². The maximum atomic E-state index is 11.6. The van der Waals surface area contributed by atoms with Crippen molar-refractivity contribution in [2.24, 2.45) is 0 Å². The fourth-order valence-electron chi connectivity index (χ4n) is 1.56. The van der Waals surface area contributed by atoms with Crippen molar-refractivity contribution >= 4 is 5.91 Å². The van der Waals surface area contributed by atoms with Gasteiger partial charge in [-0.15, -0.1) is 0 Å². The highest BCUT2D eigenvalue weighted by atomic mass is 16.2. The SMILES string of the molecule is O=C(c1cc[nH]c1)N1CCCC1. The van der Waals surface area contributed by atoms with Gasteiger partial charge in [-0.1, -0.05) is 0 Å². The lowest BCUT2D eigenvalue weighted by atomic mass is 10.3. The van der Waals surface area contributed by atoms with E-state index in [1.165, 1.54) is 0 Å². The van der Waals surface area contributed by atoms with Gasteiger partial charge in [0.05, 0.1) is 5.56 Å². The number of carbonyl (C=O) groups excluding carboxylic acids is 1. The monoisotopic (exact) mass is 164 g/mol. The molecule has 3 heteroatoms. The molecule has 1 aliphatic rings. The Bertz CT molecular complexity index is 260. The topological polar surface area (TPSA) is 36.1 Å². The van der Waals surface area contributed by atoms with E-state index < -0.39 is 0 Å². The van der Waals surface area contributed by atoms with Crippen LogP contribution in [0.4, 0.5) is 0 Å². The number of aromatic nitrogens is 1. The number of carbonyl (C=O) groups is 1. The Labute approximate surface area is 71.4 Å². The van der Waals surface area contributed by atoms with Gasteiger partial charge in [0.2, 0.25) is 0 Å². The zero-order valence-electron chi connectivity index (χ0n) is 6.92. The second-order valence-corrected chi connectivity index (χ2v) is 3.10. The summed E-state index contributed by atoms with van der Waals surface area (Å²) in [6.45, 7) is 1.84. The first-order valence-electron chi connectivity index (χ1n) is 4.30. The molecular formula is C9H12N2O. The number of nitrogens with zero attached hydrogens (tertiary/aromatic N) is 1. The van der Waals surface area contributed by atoms with Gasteiger partial charge in [-0.3, -0.25) is 4.79 Å². The van der Waals surface area contributed by atoms with Crippen molar-refractivity contribution in [3.05, 3.63) is 24.0 Å². The first-order chi connectivity index (χ1) is 5.88. The van der Waals surface area contributed by atoms with Crippen LogP contribution in [0.1, 0.15) is 23.2 Å². The smallest absolute Gasteiger partial charge is 0.255 e. The first-order valence-corrected chi connectivity index (χ1v) is 4.30. The largest absolute Gasteiger partial charge is 0.367 e. The van der Waals surface area contributed by atoms with Crippen LogP contribution in [0.3, 0.4) is 0 Å². The highest BCUT2D eigenvalue weighted by Gasteiger charge is 2.18. The average molecular weight is 164 g/mol. The highest BCUT2D eigenvalue weighted by molar-refractivity contribution is 5.94. The van der Waals surface area contributed by atoms with E-state index in [4.69, 9.17) is 0 Å². The van der Waals surface area contributed by atoms with E-state index in [9.17, 15) is 4.79 Å². The molecule has 1 saturated heterocycles. The fraction of sp³-hybridized carbons (Fsp3) is 0.444. The summed E-state index contributed by atoms with van der Waals surface area (Å²) in [7, 11) is 0. The van der Waals surface area contributed by atoms with Gasteiger partial charge in [-0.05, 0) is 18.9 Å². The number of amides is 1. The van der Waals surface area contributed by atoms with Gasteiger partial charge in [0.1, 0.15) is 0 Å². The molecule has 0 radical (unpaired) electrons. The summed E-state index contributed by atoms with van der Waals surface area (Å²) in [5.41, 5.74) is 0.775. The van der Waals surface area contributed by atoms with Gasteiger partial charge >= 0.3 is 0 Å². The molecule has 1 aliphatic heterocycles. The predicted octanol–water partition coefficient (Wildman–Crippen LogP) is 1.25. The minimum absolute atomic E-state index is 0.161. The van der Waals surface area contributed by atoms with Gasteiger partial charge in [0.15, 0.2) is 0 Å². The number of likely N-dealkylation sites (tertiary alicyclic amines) is 1. The molecule has 0 saturated carbocycles. The first kappa shape index (κ1) is 7.40. The molecule has 0 bridgehead atoms. The van der Waals surface area contributed by atoms with Crippen molar-refractivity contribution in [3.8, 4) is 0 Å². The molecule has 1 aromatic rings. The van der Waals surface area contributed by atoms with Crippen molar-refractivity contribution in [3.63, 3.8) is 0 Å². The molecule has 0 aliphatic carbocycles. The number of nitrogens with one attached hydrogen (secondary N) is 1. The lowest BCUT2D eigenvalue weighted by Gasteiger charge is -2.13. The van der Waals surface area contributed by atoms with E-state index >= 15 is 0 Å². The highest BCUT2D eigenvalue weighted by Crippen LogP contribution is 2.11. The molecule has 0 aromatic carbocycles. The van der Waals surface area contributed by atoms with Crippen LogP contribution < -0.4 is 0 Å². The second-order valence-electron chi connectivity index (χ2n) is 3.10. The van der Waals surface area contributed by atoms with Gasteiger partial charge < -0.3 is 9.88 Å². The van der Waals surface area contributed by atoms with Crippen LogP contribution in [-0.2, 0) is 0 Å². The molecule has 64 valence electrons. The second kappa shape index (κ2) is 3.01. The van der Waals surface area contributed by atoms with Gasteiger partial charge in [0.25, 0.3) is 5.91 Å². The van der Waals surface area contributed by atoms with E-state index in [1.54, 1.807) is 12.4 Å². The molecule has 12 heavy (non-hydrogen) atoms. The molecule has 2 heterocycles. The zero-order valence-corrected chi connectivity index (χ0v) is 6.92. The lowest BCUT2D eigenvalue weighted by Crippen LogP contribution is -2.27. The third kappa shape index (κ3) is 1.22. The average Bonchev–Trinajstić information content (AvgIpc) is 2.77. The molecule has 3 nitrogen and oxygen atoms in total. The summed E-state index contributed by atoms with van der Waals surface area (Å²) < 4.78 is 0. The Hall–Kier alpha value is -1.25. The number of hydrogen-bond donors (Lipinski definition) is 1. The fourth-order valence-corrected chi connectivity index (χ4v) is 1.56. The van der Waals surface area contributed by atoms with E-state index in [-0.39, 0.29) is 5.91 Å². The number of hydrogen-bond acceptors (Lipinski definition) is 1. The van der Waals surface area contributed by atoms with E-state index in [0.717, 1.165) is 31.5 Å². The van der Waals surface area contributed by atoms with E-state index in [2.05, 4.69) is 4.98 Å². The third-order valence-corrected chi connectivity index (χ3v) is 2.24. The van der Waals surface area contributed by atoms with Gasteiger partial charge in [-0.25, -0.2) is 0 Å². The van der Waals surface area contributed by atoms with Crippen LogP contribution in [0.25, 0.3) is 0 Å². The molecule has 1 amide bonds. The Balaban J connectivity index is 2.09. The van der Waals surface area contributed by atoms with Gasteiger partial charge in [-0.2, -0.15) is 0 Å². The summed E-state index contributed by atoms with van der Waals surface area (Å²) in [6.07, 6.45) is 5.83. The molecule has 0 atom stereocenters. The van der Waals surface area contributed by atoms with Crippen molar-refractivity contribution < 1.29 is 4.79 Å². The molecule has 1 aromatic heterocycles. The van der Waals surface area contributed by atoms with Crippen LogP contribution in [0, 0.1) is 0 Å². The minimum Gasteiger partial charge on any atom is -0.367 e. The summed E-state index contributed by atoms with van der Waals surface area (Å²) in [4.78, 5) is 16.4. The van der Waals surface area contributed by atoms with E-state index in [1.807, 2.05) is 11.0 Å². The maximum absolute atomic E-state index is 11.6. The Kier molecular flexibility index (Phi) is 1.86. The zero-order chi connectivity index (χ0) is 8.39. The molecular weight excluding hydrogens is 152 g/mol. The summed E-state index contributed by atoms with van der Waals surface area (Å²) in [5, 5.41) is 0. The Morgan fingerprint density at radius 3 is 2.75 bits per heavy atom. The van der Waals surface area contributed by atoms with Crippen molar-refractivity contribution in [1.82, 2.24) is 9.88 Å². The van der Waals surface area contributed by atoms with Gasteiger partial charge in [0, 0.05) is 25.5 Å². The summed E-state index contributed by atoms with van der Waals surface area (Å²) in [5.74, 6) is 0.161. The van der Waals surface area contributed by atoms with Crippen LogP contribution in [-0.4, -0.2) is 28.9 Å². The molecule has 1 fully saturated rings. The maximum Gasteiger partial charge on any atom is 0.255 e. The molecule has 2 rings (SSSR count). The number of rotatable bonds is 1. The predicted molar refractivity (Wildman–Crippen MR) is 45.9 cm³/mol. The number of aromatic amines is 1. The Morgan fingerprint density at radius 1 is 1.42 bits per heavy atom. The minimum atomic E-state index is 0.161. The Morgan fingerprint density at radius 2 is 2.17 bits per heavy atom. The standard InChI is InChI=1S/C9H12N2O/c12-9(8-3-4-10-7-8)11-5-1-2-6-11/h3-4,7,10H,1-2,5-6H2. The normalized spacial score (nSPS) is 16.8. The third-order valence-electron chi connectivity index (χ3n) is 2.24. The van der Waals surface area contributed by atoms with Crippen LogP contribution in [0.15, 0.2) is 18.5 Å². The van der Waals surface area contributed by atoms with Crippen molar-refractivity contribution in [2.75, 3.05) is 13.1 Å². The molecule has 1 N–H and O–H groups in total. The van der Waals surface area contributed by atoms with Crippen molar-refractivity contribution in [2.45, 2.75) is 12.8 Å². The summed E-state index contributed by atoms with van der Waals surface area (Å²) >= 11 is 0. The molecule has 0 spiro atoms. The molecule has 0 unspecified atom stereocenters. The number of H-pyrrole nitrogens is 1.